The zero-order valence-corrected chi connectivity index (χ0v) is 14.3. The lowest BCUT2D eigenvalue weighted by Gasteiger charge is -2.33. The maximum Gasteiger partial charge on any atom is 0.246 e. The predicted octanol–water partition coefficient (Wildman–Crippen LogP) is 2.90. The van der Waals surface area contributed by atoms with Gasteiger partial charge in [0.2, 0.25) is 5.91 Å². The van der Waals surface area contributed by atoms with Crippen molar-refractivity contribution in [1.82, 2.24) is 4.90 Å². The minimum atomic E-state index is -0.383. The van der Waals surface area contributed by atoms with Crippen LogP contribution in [0, 0.1) is 0 Å². The number of carbonyl (C=O) groups is 2. The first-order valence-corrected chi connectivity index (χ1v) is 8.44. The van der Waals surface area contributed by atoms with Gasteiger partial charge in [0.25, 0.3) is 0 Å². The van der Waals surface area contributed by atoms with Crippen LogP contribution in [-0.4, -0.2) is 42.9 Å². The molecule has 0 bridgehead atoms. The Morgan fingerprint density at radius 3 is 2.44 bits per heavy atom. The normalized spacial score (nSPS) is 16.2. The van der Waals surface area contributed by atoms with Crippen LogP contribution in [0.2, 0.25) is 0 Å². The van der Waals surface area contributed by atoms with E-state index in [2.05, 4.69) is 10.2 Å². The Hall–Kier alpha value is -2.50. The summed E-state index contributed by atoms with van der Waals surface area (Å²) in [5, 5.41) is 2.96. The number of nitrogens with one attached hydrogen (secondary N) is 1. The van der Waals surface area contributed by atoms with Gasteiger partial charge in [0, 0.05) is 24.3 Å². The number of carbonyl (C=O) groups excluding carboxylic acids is 2. The second kappa shape index (κ2) is 8.05. The van der Waals surface area contributed by atoms with E-state index in [1.54, 1.807) is 24.3 Å². The van der Waals surface area contributed by atoms with Crippen LogP contribution in [0.15, 0.2) is 54.6 Å². The van der Waals surface area contributed by atoms with Crippen LogP contribution in [0.25, 0.3) is 0 Å². The first-order valence-electron chi connectivity index (χ1n) is 8.44. The smallest absolute Gasteiger partial charge is 0.246 e. The van der Waals surface area contributed by atoms with E-state index in [4.69, 9.17) is 4.74 Å². The molecule has 0 aliphatic carbocycles. The molecule has 0 aromatic heterocycles. The standard InChI is InChI=1S/C20H22N2O3/c1-15(23)17-8-5-9-18(14-17)21-20(24)19(16-6-3-2-4-7-16)22-10-12-25-13-11-22/h2-9,14,19H,10-13H2,1H3,(H,21,24)/t19-/m1/s1. The number of anilines is 1. The monoisotopic (exact) mass is 338 g/mol. The van der Waals surface area contributed by atoms with E-state index in [9.17, 15) is 9.59 Å². The molecule has 1 fully saturated rings. The highest BCUT2D eigenvalue weighted by Gasteiger charge is 2.29. The van der Waals surface area contributed by atoms with Crippen LogP contribution in [0.3, 0.4) is 0 Å². The van der Waals surface area contributed by atoms with E-state index in [1.807, 2.05) is 30.3 Å². The molecule has 0 spiro atoms. The molecular formula is C20H22N2O3. The van der Waals surface area contributed by atoms with Gasteiger partial charge in [-0.15, -0.1) is 0 Å². The molecule has 1 aliphatic rings. The van der Waals surface area contributed by atoms with Gasteiger partial charge in [0.05, 0.1) is 13.2 Å². The van der Waals surface area contributed by atoms with Crippen molar-refractivity contribution in [2.24, 2.45) is 0 Å². The van der Waals surface area contributed by atoms with E-state index in [0.29, 0.717) is 37.6 Å². The summed E-state index contributed by atoms with van der Waals surface area (Å²) in [5.74, 6) is -0.127. The van der Waals surface area contributed by atoms with Crippen molar-refractivity contribution in [2.45, 2.75) is 13.0 Å². The van der Waals surface area contributed by atoms with Crippen molar-refractivity contribution in [3.63, 3.8) is 0 Å². The van der Waals surface area contributed by atoms with Crippen LogP contribution in [-0.2, 0) is 9.53 Å². The zero-order chi connectivity index (χ0) is 17.6. The molecule has 1 atom stereocenters. The van der Waals surface area contributed by atoms with Crippen LogP contribution in [0.1, 0.15) is 28.9 Å². The SMILES string of the molecule is CC(=O)c1cccc(NC(=O)[C@@H](c2ccccc2)N2CCOCC2)c1. The second-order valence-electron chi connectivity index (χ2n) is 6.09. The summed E-state index contributed by atoms with van der Waals surface area (Å²) in [6, 6.07) is 16.4. The Bertz CT molecular complexity index is 740. The van der Waals surface area contributed by atoms with Gasteiger partial charge in [-0.05, 0) is 24.6 Å². The third-order valence-corrected chi connectivity index (χ3v) is 4.31. The molecule has 1 aliphatic heterocycles. The largest absolute Gasteiger partial charge is 0.379 e. The molecule has 0 unspecified atom stereocenters. The molecule has 1 N–H and O–H groups in total. The molecule has 5 nitrogen and oxygen atoms in total. The number of hydrogen-bond donors (Lipinski definition) is 1. The molecular weight excluding hydrogens is 316 g/mol. The summed E-state index contributed by atoms with van der Waals surface area (Å²) in [4.78, 5) is 26.7. The molecule has 130 valence electrons. The minimum Gasteiger partial charge on any atom is -0.379 e. The highest BCUT2D eigenvalue weighted by atomic mass is 16.5. The summed E-state index contributed by atoms with van der Waals surface area (Å²) >= 11 is 0. The summed E-state index contributed by atoms with van der Waals surface area (Å²) in [6.45, 7) is 4.18. The fourth-order valence-electron chi connectivity index (χ4n) is 3.03. The molecule has 5 heteroatoms. The van der Waals surface area contributed by atoms with Gasteiger partial charge in [-0.25, -0.2) is 0 Å². The Kier molecular flexibility index (Phi) is 5.58. The fourth-order valence-corrected chi connectivity index (χ4v) is 3.03. The molecule has 1 heterocycles. The Labute approximate surface area is 147 Å². The lowest BCUT2D eigenvalue weighted by molar-refractivity contribution is -0.123. The highest BCUT2D eigenvalue weighted by Crippen LogP contribution is 2.24. The molecule has 0 saturated carbocycles. The number of nitrogens with zero attached hydrogens (tertiary/aromatic N) is 1. The molecule has 0 radical (unpaired) electrons. The Morgan fingerprint density at radius 2 is 1.76 bits per heavy atom. The quantitative estimate of drug-likeness (QED) is 0.852. The lowest BCUT2D eigenvalue weighted by atomic mass is 10.0. The first kappa shape index (κ1) is 17.3. The molecule has 25 heavy (non-hydrogen) atoms. The number of Topliss-reactive ketones (excluding diaryl/α,β-unsaturated/α-hetero) is 1. The van der Waals surface area contributed by atoms with E-state index in [-0.39, 0.29) is 17.7 Å². The predicted molar refractivity (Wildman–Crippen MR) is 96.7 cm³/mol. The van der Waals surface area contributed by atoms with E-state index >= 15 is 0 Å². The van der Waals surface area contributed by atoms with Gasteiger partial charge in [0.1, 0.15) is 6.04 Å². The summed E-state index contributed by atoms with van der Waals surface area (Å²) < 4.78 is 5.41. The summed E-state index contributed by atoms with van der Waals surface area (Å²) in [5.41, 5.74) is 2.16. The van der Waals surface area contributed by atoms with Crippen LogP contribution < -0.4 is 5.32 Å². The Balaban J connectivity index is 1.84. The average Bonchev–Trinajstić information content (AvgIpc) is 2.64. The van der Waals surface area contributed by atoms with Crippen molar-refractivity contribution in [1.29, 1.82) is 0 Å². The molecule has 1 saturated heterocycles. The van der Waals surface area contributed by atoms with E-state index < -0.39 is 0 Å². The van der Waals surface area contributed by atoms with Crippen LogP contribution in [0.5, 0.6) is 0 Å². The van der Waals surface area contributed by atoms with Gasteiger partial charge >= 0.3 is 0 Å². The van der Waals surface area contributed by atoms with Crippen molar-refractivity contribution < 1.29 is 14.3 Å². The van der Waals surface area contributed by atoms with Gasteiger partial charge in [-0.3, -0.25) is 14.5 Å². The maximum atomic E-state index is 13.0. The van der Waals surface area contributed by atoms with Gasteiger partial charge < -0.3 is 10.1 Å². The number of rotatable bonds is 5. The number of hydrogen-bond acceptors (Lipinski definition) is 4. The highest BCUT2D eigenvalue weighted by molar-refractivity contribution is 5.98. The number of ketones is 1. The van der Waals surface area contributed by atoms with Gasteiger partial charge in [-0.1, -0.05) is 42.5 Å². The minimum absolute atomic E-state index is 0.0242. The molecule has 3 rings (SSSR count). The van der Waals surface area contributed by atoms with Gasteiger partial charge in [0.15, 0.2) is 5.78 Å². The van der Waals surface area contributed by atoms with E-state index in [1.165, 1.54) is 6.92 Å². The number of benzene rings is 2. The third kappa shape index (κ3) is 4.32. The lowest BCUT2D eigenvalue weighted by Crippen LogP contribution is -2.43. The Morgan fingerprint density at radius 1 is 1.04 bits per heavy atom. The average molecular weight is 338 g/mol. The van der Waals surface area contributed by atoms with Crippen molar-refractivity contribution in [3.8, 4) is 0 Å². The van der Waals surface area contributed by atoms with Crippen molar-refractivity contribution in [3.05, 3.63) is 65.7 Å². The molecule has 2 aromatic rings. The first-order chi connectivity index (χ1) is 12.1. The number of morpholine rings is 1. The maximum absolute atomic E-state index is 13.0. The summed E-state index contributed by atoms with van der Waals surface area (Å²) in [7, 11) is 0. The topological polar surface area (TPSA) is 58.6 Å². The van der Waals surface area contributed by atoms with Gasteiger partial charge in [-0.2, -0.15) is 0 Å². The number of amides is 1. The third-order valence-electron chi connectivity index (χ3n) is 4.31. The molecule has 1 amide bonds. The van der Waals surface area contributed by atoms with Crippen molar-refractivity contribution in [2.75, 3.05) is 31.6 Å². The second-order valence-corrected chi connectivity index (χ2v) is 6.09. The zero-order valence-electron chi connectivity index (χ0n) is 14.3. The van der Waals surface area contributed by atoms with Crippen molar-refractivity contribution >= 4 is 17.4 Å². The van der Waals surface area contributed by atoms with Crippen LogP contribution in [0.4, 0.5) is 5.69 Å². The van der Waals surface area contributed by atoms with E-state index in [0.717, 1.165) is 5.56 Å². The summed E-state index contributed by atoms with van der Waals surface area (Å²) in [6.07, 6.45) is 0. The molecule has 2 aromatic carbocycles. The van der Waals surface area contributed by atoms with Crippen LogP contribution >= 0.6 is 0 Å². The fraction of sp³-hybridized carbons (Fsp3) is 0.300. The number of ether oxygens (including phenoxy) is 1.